The minimum atomic E-state index is -0.636. The van der Waals surface area contributed by atoms with Crippen molar-refractivity contribution in [3.05, 3.63) is 179 Å². The smallest absolute Gasteiger partial charge is 0.121 e. The van der Waals surface area contributed by atoms with E-state index in [1.807, 2.05) is 140 Å². The maximum Gasteiger partial charge on any atom is 0.121 e. The lowest BCUT2D eigenvalue weighted by molar-refractivity contribution is -0.288. The highest BCUT2D eigenvalue weighted by Gasteiger charge is 2.55. The molecule has 1 aliphatic rings. The summed E-state index contributed by atoms with van der Waals surface area (Å²) in [4.78, 5) is 0. The fourth-order valence-electron chi connectivity index (χ4n) is 6.17. The second-order valence-electron chi connectivity index (χ2n) is 12.0. The van der Waals surface area contributed by atoms with E-state index in [-0.39, 0.29) is 6.07 Å². The molecule has 0 spiro atoms. The number of hydrogen-bond donors (Lipinski definition) is 0. The van der Waals surface area contributed by atoms with E-state index in [1.54, 1.807) is 0 Å². The van der Waals surface area contributed by atoms with Crippen LogP contribution < -0.4 is 0 Å². The van der Waals surface area contributed by atoms with Gasteiger partial charge in [-0.3, -0.25) is 0 Å². The molecule has 0 aliphatic heterocycles. The SMILES string of the molecule is ClCOC1[C@@H](OCc2ccccc2)[C@@H](OCc2ccccc2)C(OCc2ccccc2)[C@@H](OCc2ccccc2)[C@H]1OCc1ccccc1. The van der Waals surface area contributed by atoms with Gasteiger partial charge in [-0.2, -0.15) is 0 Å². The third kappa shape index (κ3) is 10.1. The number of benzene rings is 5. The summed E-state index contributed by atoms with van der Waals surface area (Å²) in [5, 5.41) is 0. The first-order valence-electron chi connectivity index (χ1n) is 16.7. The normalized spacial score (nSPS) is 22.1. The van der Waals surface area contributed by atoms with Crippen LogP contribution in [0.2, 0.25) is 0 Å². The summed E-state index contributed by atoms with van der Waals surface area (Å²) >= 11 is 6.37. The lowest BCUT2D eigenvalue weighted by Gasteiger charge is -2.49. The van der Waals surface area contributed by atoms with Crippen LogP contribution in [-0.2, 0) is 61.5 Å². The zero-order valence-corrected chi connectivity index (χ0v) is 28.2. The topological polar surface area (TPSA) is 55.4 Å². The molecule has 2 unspecified atom stereocenters. The molecule has 0 bridgehead atoms. The van der Waals surface area contributed by atoms with Gasteiger partial charge >= 0.3 is 0 Å². The Kier molecular flexibility index (Phi) is 13.4. The highest BCUT2D eigenvalue weighted by Crippen LogP contribution is 2.36. The molecular formula is C42H43ClO6. The monoisotopic (exact) mass is 678 g/mol. The zero-order chi connectivity index (χ0) is 33.5. The fraction of sp³-hybridized carbons (Fsp3) is 0.286. The predicted molar refractivity (Wildman–Crippen MR) is 191 cm³/mol. The quantitative estimate of drug-likeness (QED) is 0.0920. The molecule has 0 aromatic heterocycles. The summed E-state index contributed by atoms with van der Waals surface area (Å²) < 4.78 is 40.5. The minimum absolute atomic E-state index is 0.0621. The van der Waals surface area contributed by atoms with E-state index in [9.17, 15) is 0 Å². The van der Waals surface area contributed by atoms with E-state index in [1.165, 1.54) is 0 Å². The predicted octanol–water partition coefficient (Wildman–Crippen LogP) is 8.51. The molecule has 1 saturated carbocycles. The summed E-state index contributed by atoms with van der Waals surface area (Å²) in [6, 6.07) is 50.4. The van der Waals surface area contributed by atoms with Crippen molar-refractivity contribution in [3.63, 3.8) is 0 Å². The molecule has 7 heteroatoms. The van der Waals surface area contributed by atoms with Crippen LogP contribution in [0.5, 0.6) is 0 Å². The van der Waals surface area contributed by atoms with Gasteiger partial charge in [0.1, 0.15) is 42.7 Å². The van der Waals surface area contributed by atoms with E-state index in [0.29, 0.717) is 33.0 Å². The van der Waals surface area contributed by atoms with Gasteiger partial charge in [-0.15, -0.1) is 0 Å². The Labute approximate surface area is 294 Å². The molecule has 5 aromatic carbocycles. The number of halogens is 1. The highest BCUT2D eigenvalue weighted by atomic mass is 35.5. The van der Waals surface area contributed by atoms with E-state index >= 15 is 0 Å². The standard InChI is InChI=1S/C42H43ClO6/c43-31-49-42-40(47-29-35-22-12-4-13-23-35)38(45-27-33-18-8-2-9-19-33)37(44-26-32-16-6-1-7-17-32)39(46-28-34-20-10-3-11-21-34)41(42)48-30-36-24-14-5-15-25-36/h1-25,37-42H,26-31H2/t37?,38-,39+,40-,41+,42?. The Bertz CT molecular complexity index is 1510. The molecule has 0 amide bonds. The lowest BCUT2D eigenvalue weighted by atomic mass is 9.83. The summed E-state index contributed by atoms with van der Waals surface area (Å²) in [5.74, 6) is 0. The maximum atomic E-state index is 6.86. The van der Waals surface area contributed by atoms with Crippen LogP contribution in [0.3, 0.4) is 0 Å². The number of ether oxygens (including phenoxy) is 6. The van der Waals surface area contributed by atoms with Crippen LogP contribution in [0.4, 0.5) is 0 Å². The van der Waals surface area contributed by atoms with Gasteiger partial charge in [0.15, 0.2) is 0 Å². The summed E-state index contributed by atoms with van der Waals surface area (Å²) in [6.45, 7) is 1.71. The largest absolute Gasteiger partial charge is 0.368 e. The summed E-state index contributed by atoms with van der Waals surface area (Å²) in [5.41, 5.74) is 5.16. The van der Waals surface area contributed by atoms with E-state index in [0.717, 1.165) is 27.8 Å². The maximum absolute atomic E-state index is 6.86. The summed E-state index contributed by atoms with van der Waals surface area (Å²) in [6.07, 6.45) is -3.65. The molecule has 6 rings (SSSR count). The van der Waals surface area contributed by atoms with Crippen LogP contribution in [0.15, 0.2) is 152 Å². The number of rotatable bonds is 17. The van der Waals surface area contributed by atoms with Gasteiger partial charge in [0, 0.05) is 0 Å². The van der Waals surface area contributed by atoms with E-state index < -0.39 is 36.6 Å². The minimum Gasteiger partial charge on any atom is -0.368 e. The lowest BCUT2D eigenvalue weighted by Crippen LogP contribution is -2.67. The molecule has 1 aliphatic carbocycles. The van der Waals surface area contributed by atoms with Gasteiger partial charge in [-0.25, -0.2) is 0 Å². The molecule has 1 fully saturated rings. The van der Waals surface area contributed by atoms with Crippen molar-refractivity contribution >= 4 is 11.6 Å². The van der Waals surface area contributed by atoms with Crippen LogP contribution in [0.25, 0.3) is 0 Å². The Balaban J connectivity index is 1.39. The van der Waals surface area contributed by atoms with Crippen LogP contribution in [0, 0.1) is 0 Å². The average molecular weight is 679 g/mol. The van der Waals surface area contributed by atoms with Crippen molar-refractivity contribution < 1.29 is 28.4 Å². The second-order valence-corrected chi connectivity index (χ2v) is 12.3. The third-order valence-corrected chi connectivity index (χ3v) is 8.75. The highest BCUT2D eigenvalue weighted by molar-refractivity contribution is 6.17. The molecule has 6 nitrogen and oxygen atoms in total. The van der Waals surface area contributed by atoms with Gasteiger partial charge in [0.05, 0.1) is 33.0 Å². The zero-order valence-electron chi connectivity index (χ0n) is 27.5. The van der Waals surface area contributed by atoms with Gasteiger partial charge in [-0.1, -0.05) is 163 Å². The van der Waals surface area contributed by atoms with Gasteiger partial charge in [0.25, 0.3) is 0 Å². The molecule has 0 radical (unpaired) electrons. The van der Waals surface area contributed by atoms with Crippen molar-refractivity contribution in [3.8, 4) is 0 Å². The van der Waals surface area contributed by atoms with Crippen LogP contribution in [-0.4, -0.2) is 42.7 Å². The van der Waals surface area contributed by atoms with Crippen molar-refractivity contribution in [1.29, 1.82) is 0 Å². The van der Waals surface area contributed by atoms with Crippen LogP contribution in [0.1, 0.15) is 27.8 Å². The van der Waals surface area contributed by atoms with E-state index in [2.05, 4.69) is 12.1 Å². The Morgan fingerprint density at radius 2 is 0.469 bits per heavy atom. The molecule has 0 N–H and O–H groups in total. The Morgan fingerprint density at radius 1 is 0.286 bits per heavy atom. The van der Waals surface area contributed by atoms with Gasteiger partial charge in [-0.05, 0) is 27.8 Å². The molecule has 5 aromatic rings. The average Bonchev–Trinajstić information content (AvgIpc) is 3.17. The number of alkyl halides is 1. The molecule has 6 atom stereocenters. The van der Waals surface area contributed by atoms with Crippen molar-refractivity contribution in [2.24, 2.45) is 0 Å². The Hall–Kier alpha value is -3.85. The fourth-order valence-corrected chi connectivity index (χ4v) is 6.31. The van der Waals surface area contributed by atoms with Crippen molar-refractivity contribution in [1.82, 2.24) is 0 Å². The Morgan fingerprint density at radius 3 is 0.653 bits per heavy atom. The molecule has 0 heterocycles. The molecule has 0 saturated heterocycles. The molecule has 254 valence electrons. The first-order chi connectivity index (χ1) is 24.3. The van der Waals surface area contributed by atoms with E-state index in [4.69, 9.17) is 40.0 Å². The third-order valence-electron chi connectivity index (χ3n) is 8.62. The van der Waals surface area contributed by atoms with Gasteiger partial charge < -0.3 is 28.4 Å². The summed E-state index contributed by atoms with van der Waals surface area (Å²) in [7, 11) is 0. The first kappa shape index (κ1) is 35.0. The van der Waals surface area contributed by atoms with Crippen LogP contribution >= 0.6 is 11.6 Å². The first-order valence-corrected chi connectivity index (χ1v) is 17.3. The number of hydrogen-bond acceptors (Lipinski definition) is 6. The van der Waals surface area contributed by atoms with Crippen molar-refractivity contribution in [2.75, 3.05) is 6.07 Å². The van der Waals surface area contributed by atoms with Gasteiger partial charge in [0.2, 0.25) is 0 Å². The molecular weight excluding hydrogens is 636 g/mol. The molecule has 49 heavy (non-hydrogen) atoms. The second kappa shape index (κ2) is 18.8. The van der Waals surface area contributed by atoms with Crippen molar-refractivity contribution in [2.45, 2.75) is 69.7 Å².